The Bertz CT molecular complexity index is 578. The Morgan fingerprint density at radius 1 is 1.40 bits per heavy atom. The van der Waals surface area contributed by atoms with Gasteiger partial charge in [-0.1, -0.05) is 35.5 Å². The van der Waals surface area contributed by atoms with Crippen LogP contribution in [0.5, 0.6) is 0 Å². The molecule has 1 aromatic carbocycles. The van der Waals surface area contributed by atoms with Crippen LogP contribution in [0.2, 0.25) is 0 Å². The van der Waals surface area contributed by atoms with E-state index < -0.39 is 0 Å². The van der Waals surface area contributed by atoms with Gasteiger partial charge in [-0.2, -0.15) is 0 Å². The number of carbonyl (C=O) groups excluding carboxylic acids is 1. The molecule has 1 N–H and O–H groups in total. The molecule has 0 bridgehead atoms. The van der Waals surface area contributed by atoms with E-state index in [2.05, 4.69) is 10.5 Å². The van der Waals surface area contributed by atoms with Crippen molar-refractivity contribution >= 4 is 5.91 Å². The summed E-state index contributed by atoms with van der Waals surface area (Å²) in [5.74, 6) is 0.304. The maximum Gasteiger partial charge on any atom is 0.257 e. The first-order valence-electron chi connectivity index (χ1n) is 6.45. The van der Waals surface area contributed by atoms with Crippen molar-refractivity contribution in [2.75, 3.05) is 13.7 Å². The quantitative estimate of drug-likeness (QED) is 0.909. The first-order valence-corrected chi connectivity index (χ1v) is 6.45. The lowest BCUT2D eigenvalue weighted by Gasteiger charge is -2.12. The molecule has 0 saturated carbocycles. The summed E-state index contributed by atoms with van der Waals surface area (Å²) in [5.41, 5.74) is 1.89. The second-order valence-corrected chi connectivity index (χ2v) is 4.66. The topological polar surface area (TPSA) is 64.4 Å². The number of nitrogens with zero attached hydrogens (tertiary/aromatic N) is 1. The van der Waals surface area contributed by atoms with Crippen molar-refractivity contribution in [1.29, 1.82) is 0 Å². The molecule has 2 rings (SSSR count). The molecular formula is C15H18N2O3. The SMILES string of the molecule is COCC(C)NC(=O)c1c(-c2ccccc2)noc1C. The predicted octanol–water partition coefficient (Wildman–Crippen LogP) is 2.41. The summed E-state index contributed by atoms with van der Waals surface area (Å²) in [7, 11) is 1.60. The zero-order chi connectivity index (χ0) is 14.5. The van der Waals surface area contributed by atoms with Crippen LogP contribution in [-0.4, -0.2) is 30.8 Å². The van der Waals surface area contributed by atoms with E-state index in [0.29, 0.717) is 23.6 Å². The molecule has 1 aromatic heterocycles. The van der Waals surface area contributed by atoms with Crippen molar-refractivity contribution in [2.24, 2.45) is 0 Å². The highest BCUT2D eigenvalue weighted by Gasteiger charge is 2.22. The maximum atomic E-state index is 12.3. The van der Waals surface area contributed by atoms with Gasteiger partial charge in [0.15, 0.2) is 0 Å². The highest BCUT2D eigenvalue weighted by molar-refractivity contribution is 6.00. The van der Waals surface area contributed by atoms with Crippen molar-refractivity contribution in [1.82, 2.24) is 10.5 Å². The van der Waals surface area contributed by atoms with Gasteiger partial charge in [0.2, 0.25) is 0 Å². The van der Waals surface area contributed by atoms with E-state index >= 15 is 0 Å². The predicted molar refractivity (Wildman–Crippen MR) is 75.5 cm³/mol. The van der Waals surface area contributed by atoms with E-state index in [4.69, 9.17) is 9.26 Å². The van der Waals surface area contributed by atoms with E-state index in [0.717, 1.165) is 5.56 Å². The van der Waals surface area contributed by atoms with Gasteiger partial charge in [-0.05, 0) is 13.8 Å². The largest absolute Gasteiger partial charge is 0.383 e. The Kier molecular flexibility index (Phi) is 4.53. The standard InChI is InChI=1S/C15H18N2O3/c1-10(9-19-3)16-15(18)13-11(2)20-17-14(13)12-7-5-4-6-8-12/h4-8,10H,9H2,1-3H3,(H,16,18). The molecule has 5 nitrogen and oxygen atoms in total. The summed E-state index contributed by atoms with van der Waals surface area (Å²) in [6.07, 6.45) is 0. The summed E-state index contributed by atoms with van der Waals surface area (Å²) < 4.78 is 10.2. The molecule has 0 fully saturated rings. The number of rotatable bonds is 5. The van der Waals surface area contributed by atoms with Crippen LogP contribution in [-0.2, 0) is 4.74 Å². The number of hydrogen-bond acceptors (Lipinski definition) is 4. The zero-order valence-corrected chi connectivity index (χ0v) is 11.8. The van der Waals surface area contributed by atoms with E-state index in [1.807, 2.05) is 37.3 Å². The molecule has 106 valence electrons. The van der Waals surface area contributed by atoms with Crippen molar-refractivity contribution in [2.45, 2.75) is 19.9 Å². The van der Waals surface area contributed by atoms with Crippen molar-refractivity contribution in [3.8, 4) is 11.3 Å². The third-order valence-electron chi connectivity index (χ3n) is 2.93. The van der Waals surface area contributed by atoms with Crippen LogP contribution >= 0.6 is 0 Å². The second-order valence-electron chi connectivity index (χ2n) is 4.66. The molecule has 0 aliphatic carbocycles. The molecule has 0 aliphatic rings. The number of aromatic nitrogens is 1. The van der Waals surface area contributed by atoms with Crippen molar-refractivity contribution in [3.63, 3.8) is 0 Å². The minimum Gasteiger partial charge on any atom is -0.383 e. The van der Waals surface area contributed by atoms with Gasteiger partial charge in [-0.15, -0.1) is 0 Å². The van der Waals surface area contributed by atoms with Crippen molar-refractivity contribution < 1.29 is 14.1 Å². The fourth-order valence-corrected chi connectivity index (χ4v) is 2.02. The van der Waals surface area contributed by atoms with Gasteiger partial charge >= 0.3 is 0 Å². The highest BCUT2D eigenvalue weighted by atomic mass is 16.5. The molecular weight excluding hydrogens is 256 g/mol. The molecule has 1 amide bonds. The van der Waals surface area contributed by atoms with Crippen LogP contribution in [0.1, 0.15) is 23.0 Å². The van der Waals surface area contributed by atoms with Gasteiger partial charge in [0.25, 0.3) is 5.91 Å². The van der Waals surface area contributed by atoms with E-state index in [9.17, 15) is 4.79 Å². The summed E-state index contributed by atoms with van der Waals surface area (Å²) in [5, 5.41) is 6.86. The Hall–Kier alpha value is -2.14. The van der Waals surface area contributed by atoms with E-state index in [-0.39, 0.29) is 11.9 Å². The Morgan fingerprint density at radius 3 is 2.75 bits per heavy atom. The zero-order valence-electron chi connectivity index (χ0n) is 11.8. The molecule has 0 spiro atoms. The lowest BCUT2D eigenvalue weighted by Crippen LogP contribution is -2.36. The number of carbonyl (C=O) groups is 1. The number of amides is 1. The monoisotopic (exact) mass is 274 g/mol. The molecule has 1 atom stereocenters. The van der Waals surface area contributed by atoms with Crippen LogP contribution in [0, 0.1) is 6.92 Å². The number of ether oxygens (including phenoxy) is 1. The number of aryl methyl sites for hydroxylation is 1. The molecule has 1 heterocycles. The molecule has 1 unspecified atom stereocenters. The smallest absolute Gasteiger partial charge is 0.257 e. The molecule has 0 radical (unpaired) electrons. The third kappa shape index (κ3) is 3.05. The van der Waals surface area contributed by atoms with Crippen LogP contribution in [0.3, 0.4) is 0 Å². The van der Waals surface area contributed by atoms with E-state index in [1.54, 1.807) is 14.0 Å². The summed E-state index contributed by atoms with van der Waals surface area (Å²) >= 11 is 0. The Labute approximate surface area is 117 Å². The third-order valence-corrected chi connectivity index (χ3v) is 2.93. The van der Waals surface area contributed by atoms with Gasteiger partial charge in [0, 0.05) is 18.7 Å². The minimum absolute atomic E-state index is 0.0783. The first-order chi connectivity index (χ1) is 9.63. The average Bonchev–Trinajstić information content (AvgIpc) is 2.82. The summed E-state index contributed by atoms with van der Waals surface area (Å²) in [6, 6.07) is 9.42. The van der Waals surface area contributed by atoms with Gasteiger partial charge in [0.05, 0.1) is 6.61 Å². The number of hydrogen-bond donors (Lipinski definition) is 1. The maximum absolute atomic E-state index is 12.3. The normalized spacial score (nSPS) is 12.2. The van der Waals surface area contributed by atoms with Crippen molar-refractivity contribution in [3.05, 3.63) is 41.7 Å². The van der Waals surface area contributed by atoms with Crippen LogP contribution in [0.15, 0.2) is 34.9 Å². The van der Waals surface area contributed by atoms with Gasteiger partial charge in [-0.3, -0.25) is 4.79 Å². The van der Waals surface area contributed by atoms with Gasteiger partial charge in [-0.25, -0.2) is 0 Å². The first kappa shape index (κ1) is 14.3. The fourth-order valence-electron chi connectivity index (χ4n) is 2.02. The molecule has 2 aromatic rings. The number of benzene rings is 1. The second kappa shape index (κ2) is 6.34. The fraction of sp³-hybridized carbons (Fsp3) is 0.333. The Morgan fingerprint density at radius 2 is 2.10 bits per heavy atom. The molecule has 5 heteroatoms. The van der Waals surface area contributed by atoms with E-state index in [1.165, 1.54) is 0 Å². The molecule has 20 heavy (non-hydrogen) atoms. The molecule has 0 saturated heterocycles. The Balaban J connectivity index is 2.28. The summed E-state index contributed by atoms with van der Waals surface area (Å²) in [6.45, 7) is 4.07. The van der Waals surface area contributed by atoms with Crippen LogP contribution in [0.4, 0.5) is 0 Å². The average molecular weight is 274 g/mol. The number of methoxy groups -OCH3 is 1. The lowest BCUT2D eigenvalue weighted by molar-refractivity contribution is 0.0904. The highest BCUT2D eigenvalue weighted by Crippen LogP contribution is 2.24. The van der Waals surface area contributed by atoms with Crippen LogP contribution in [0.25, 0.3) is 11.3 Å². The summed E-state index contributed by atoms with van der Waals surface area (Å²) in [4.78, 5) is 12.3. The van der Waals surface area contributed by atoms with Crippen LogP contribution < -0.4 is 5.32 Å². The molecule has 0 aliphatic heterocycles. The lowest BCUT2D eigenvalue weighted by atomic mass is 10.1. The minimum atomic E-state index is -0.202. The number of nitrogens with one attached hydrogen (secondary N) is 1. The van der Waals surface area contributed by atoms with Gasteiger partial charge in [0.1, 0.15) is 17.0 Å². The van der Waals surface area contributed by atoms with Gasteiger partial charge < -0.3 is 14.6 Å².